The van der Waals surface area contributed by atoms with E-state index in [1.807, 2.05) is 6.07 Å². The lowest BCUT2D eigenvalue weighted by molar-refractivity contribution is -0.123. The maximum absolute atomic E-state index is 11.8. The average molecular weight is 340 g/mol. The normalized spacial score (nSPS) is 9.96. The lowest BCUT2D eigenvalue weighted by atomic mass is 10.1. The number of nitrogens with one attached hydrogen (secondary N) is 2. The summed E-state index contributed by atoms with van der Waals surface area (Å²) < 4.78 is 5.35. The highest BCUT2D eigenvalue weighted by atomic mass is 16.5. The number of carbonyl (C=O) groups excluding carboxylic acids is 3. The molecule has 0 atom stereocenters. The maximum Gasteiger partial charge on any atom is 0.258 e. The zero-order valence-corrected chi connectivity index (χ0v) is 14.0. The summed E-state index contributed by atoms with van der Waals surface area (Å²) >= 11 is 0. The van der Waals surface area contributed by atoms with E-state index in [9.17, 15) is 14.4 Å². The minimum Gasteiger partial charge on any atom is -0.484 e. The first-order valence-electron chi connectivity index (χ1n) is 7.90. The van der Waals surface area contributed by atoms with Crippen LogP contribution in [0.4, 0.5) is 0 Å². The summed E-state index contributed by atoms with van der Waals surface area (Å²) in [5.41, 5.74) is 1.10. The Balaban J connectivity index is 1.67. The zero-order valence-electron chi connectivity index (χ0n) is 14.0. The quantitative estimate of drug-likeness (QED) is 0.567. The fraction of sp³-hybridized carbons (Fsp3) is 0.211. The molecule has 2 amide bonds. The van der Waals surface area contributed by atoms with Crippen molar-refractivity contribution in [1.82, 2.24) is 10.6 Å². The van der Waals surface area contributed by atoms with Crippen LogP contribution in [-0.2, 0) is 4.79 Å². The lowest BCUT2D eigenvalue weighted by Gasteiger charge is -2.09. The summed E-state index contributed by atoms with van der Waals surface area (Å²) in [6.07, 6.45) is 0. The first-order chi connectivity index (χ1) is 12.1. The Hall–Kier alpha value is -3.15. The van der Waals surface area contributed by atoms with Gasteiger partial charge in [-0.3, -0.25) is 14.4 Å². The molecule has 25 heavy (non-hydrogen) atoms. The molecule has 0 aliphatic rings. The molecule has 2 N–H and O–H groups in total. The molecule has 2 rings (SSSR count). The number of hydrogen-bond donors (Lipinski definition) is 2. The molecule has 6 nitrogen and oxygen atoms in total. The van der Waals surface area contributed by atoms with Crippen LogP contribution in [0.3, 0.4) is 0 Å². The van der Waals surface area contributed by atoms with Crippen molar-refractivity contribution in [3.63, 3.8) is 0 Å². The minimum atomic E-state index is -0.304. The van der Waals surface area contributed by atoms with Crippen molar-refractivity contribution in [2.45, 2.75) is 6.92 Å². The van der Waals surface area contributed by atoms with Crippen molar-refractivity contribution < 1.29 is 19.1 Å². The highest BCUT2D eigenvalue weighted by Gasteiger charge is 2.06. The predicted octanol–water partition coefficient (Wildman–Crippen LogP) is 1.81. The number of ketones is 1. The van der Waals surface area contributed by atoms with E-state index in [0.29, 0.717) is 30.0 Å². The molecule has 0 unspecified atom stereocenters. The van der Waals surface area contributed by atoms with Crippen LogP contribution in [0.15, 0.2) is 54.6 Å². The first kappa shape index (κ1) is 18.2. The lowest BCUT2D eigenvalue weighted by Crippen LogP contribution is -2.36. The summed E-state index contributed by atoms with van der Waals surface area (Å²) in [5.74, 6) is -0.0985. The maximum atomic E-state index is 11.8. The molecule has 6 heteroatoms. The third-order valence-electron chi connectivity index (χ3n) is 3.38. The van der Waals surface area contributed by atoms with Crippen molar-refractivity contribution in [3.8, 4) is 5.75 Å². The summed E-state index contributed by atoms with van der Waals surface area (Å²) in [7, 11) is 0. The van der Waals surface area contributed by atoms with E-state index >= 15 is 0 Å². The van der Waals surface area contributed by atoms with E-state index in [4.69, 9.17) is 4.74 Å². The molecule has 0 aliphatic carbocycles. The number of amides is 2. The van der Waals surface area contributed by atoms with Crippen LogP contribution in [0.2, 0.25) is 0 Å². The van der Waals surface area contributed by atoms with Crippen molar-refractivity contribution in [2.24, 2.45) is 0 Å². The van der Waals surface area contributed by atoms with E-state index in [1.54, 1.807) is 48.5 Å². The van der Waals surface area contributed by atoms with Crippen molar-refractivity contribution >= 4 is 17.6 Å². The molecule has 0 heterocycles. The SMILES string of the molecule is CC(=O)c1cccc(OCC(=O)NCCNC(=O)c2ccccc2)c1. The van der Waals surface area contributed by atoms with E-state index in [2.05, 4.69) is 10.6 Å². The molecule has 2 aromatic carbocycles. The summed E-state index contributed by atoms with van der Waals surface area (Å²) in [4.78, 5) is 34.8. The van der Waals surface area contributed by atoms with Gasteiger partial charge < -0.3 is 15.4 Å². The highest BCUT2D eigenvalue weighted by molar-refractivity contribution is 5.94. The Bertz CT molecular complexity index is 744. The number of Topliss-reactive ketones (excluding diaryl/α,β-unsaturated/α-hetero) is 1. The number of ether oxygens (including phenoxy) is 1. The van der Waals surface area contributed by atoms with Gasteiger partial charge in [-0.1, -0.05) is 30.3 Å². The van der Waals surface area contributed by atoms with Gasteiger partial charge in [0.25, 0.3) is 11.8 Å². The summed E-state index contributed by atoms with van der Waals surface area (Å²) in [6, 6.07) is 15.5. The summed E-state index contributed by atoms with van der Waals surface area (Å²) in [6.45, 7) is 1.93. The third-order valence-corrected chi connectivity index (χ3v) is 3.38. The number of benzene rings is 2. The fourth-order valence-corrected chi connectivity index (χ4v) is 2.07. The van der Waals surface area contributed by atoms with E-state index in [0.717, 1.165) is 0 Å². The Morgan fingerprint density at radius 2 is 1.56 bits per heavy atom. The third kappa shape index (κ3) is 6.10. The molecule has 130 valence electrons. The Kier molecular flexibility index (Phi) is 6.71. The van der Waals surface area contributed by atoms with Crippen LogP contribution in [0.1, 0.15) is 27.6 Å². The van der Waals surface area contributed by atoms with Crippen LogP contribution >= 0.6 is 0 Å². The molecule has 0 radical (unpaired) electrons. The van der Waals surface area contributed by atoms with Crippen LogP contribution in [0.5, 0.6) is 5.75 Å². The Morgan fingerprint density at radius 3 is 2.28 bits per heavy atom. The smallest absolute Gasteiger partial charge is 0.258 e. The van der Waals surface area contributed by atoms with Gasteiger partial charge in [-0.2, -0.15) is 0 Å². The fourth-order valence-electron chi connectivity index (χ4n) is 2.07. The number of rotatable bonds is 8. The second-order valence-corrected chi connectivity index (χ2v) is 5.34. The van der Waals surface area contributed by atoms with Crippen LogP contribution < -0.4 is 15.4 Å². The molecular weight excluding hydrogens is 320 g/mol. The van der Waals surface area contributed by atoms with Crippen molar-refractivity contribution in [1.29, 1.82) is 0 Å². The molecular formula is C19H20N2O4. The molecule has 0 aliphatic heterocycles. The minimum absolute atomic E-state index is 0.0657. The van der Waals surface area contributed by atoms with Crippen molar-refractivity contribution in [3.05, 3.63) is 65.7 Å². The van der Waals surface area contributed by atoms with Gasteiger partial charge in [0.15, 0.2) is 12.4 Å². The molecule has 0 saturated heterocycles. The van der Waals surface area contributed by atoms with Gasteiger partial charge >= 0.3 is 0 Å². The van der Waals surface area contributed by atoms with Gasteiger partial charge in [-0.25, -0.2) is 0 Å². The summed E-state index contributed by atoms with van der Waals surface area (Å²) in [5, 5.41) is 5.37. The van der Waals surface area contributed by atoms with E-state index < -0.39 is 0 Å². The standard InChI is InChI=1S/C19H20N2O4/c1-14(22)16-8-5-9-17(12-16)25-13-18(23)20-10-11-21-19(24)15-6-3-2-4-7-15/h2-9,12H,10-11,13H2,1H3,(H,20,23)(H,21,24). The van der Waals surface area contributed by atoms with Gasteiger partial charge in [0.05, 0.1) is 0 Å². The van der Waals surface area contributed by atoms with Crippen LogP contribution in [0.25, 0.3) is 0 Å². The van der Waals surface area contributed by atoms with Gasteiger partial charge in [0.1, 0.15) is 5.75 Å². The highest BCUT2D eigenvalue weighted by Crippen LogP contribution is 2.13. The van der Waals surface area contributed by atoms with E-state index in [-0.39, 0.29) is 24.2 Å². The second kappa shape index (κ2) is 9.22. The monoisotopic (exact) mass is 340 g/mol. The zero-order chi connectivity index (χ0) is 18.1. The van der Waals surface area contributed by atoms with Gasteiger partial charge in [-0.05, 0) is 31.2 Å². The predicted molar refractivity (Wildman–Crippen MR) is 93.7 cm³/mol. The number of hydrogen-bond acceptors (Lipinski definition) is 4. The molecule has 0 fully saturated rings. The van der Waals surface area contributed by atoms with E-state index in [1.165, 1.54) is 6.92 Å². The number of carbonyl (C=O) groups is 3. The van der Waals surface area contributed by atoms with Gasteiger partial charge in [0.2, 0.25) is 0 Å². The second-order valence-electron chi connectivity index (χ2n) is 5.34. The average Bonchev–Trinajstić information content (AvgIpc) is 2.64. The molecule has 0 saturated carbocycles. The van der Waals surface area contributed by atoms with Gasteiger partial charge in [-0.15, -0.1) is 0 Å². The van der Waals surface area contributed by atoms with Crippen LogP contribution in [-0.4, -0.2) is 37.3 Å². The Morgan fingerprint density at radius 1 is 0.880 bits per heavy atom. The molecule has 2 aromatic rings. The molecule has 0 aromatic heterocycles. The first-order valence-corrected chi connectivity index (χ1v) is 7.90. The Labute approximate surface area is 146 Å². The largest absolute Gasteiger partial charge is 0.484 e. The van der Waals surface area contributed by atoms with Gasteiger partial charge in [0, 0.05) is 24.2 Å². The molecule has 0 spiro atoms. The topological polar surface area (TPSA) is 84.5 Å². The van der Waals surface area contributed by atoms with Crippen LogP contribution in [0, 0.1) is 0 Å². The van der Waals surface area contributed by atoms with Crippen molar-refractivity contribution in [2.75, 3.05) is 19.7 Å². The molecule has 0 bridgehead atoms.